The van der Waals surface area contributed by atoms with Gasteiger partial charge >= 0.3 is 0 Å². The highest BCUT2D eigenvalue weighted by molar-refractivity contribution is 5.56. The first-order valence-electron chi connectivity index (χ1n) is 6.47. The molecule has 3 aromatic rings. The number of aryl methyl sites for hydroxylation is 1. The lowest BCUT2D eigenvalue weighted by molar-refractivity contribution is 0.282. The topological polar surface area (TPSA) is 82.5 Å². The maximum atomic E-state index is 9.42. The van der Waals surface area contributed by atoms with Gasteiger partial charge < -0.3 is 10.2 Å². The van der Waals surface area contributed by atoms with Crippen LogP contribution in [0.2, 0.25) is 0 Å². The third kappa shape index (κ3) is 2.48. The molecular weight excluding hydrogens is 268 g/mol. The second-order valence-corrected chi connectivity index (χ2v) is 4.63. The zero-order chi connectivity index (χ0) is 14.8. The number of aromatic nitrogens is 2. The normalized spacial score (nSPS) is 11.5. The number of azo groups is 1. The monoisotopic (exact) mass is 282 g/mol. The van der Waals surface area contributed by atoms with E-state index in [-0.39, 0.29) is 12.4 Å². The van der Waals surface area contributed by atoms with Crippen LogP contribution >= 0.6 is 0 Å². The van der Waals surface area contributed by atoms with Crippen LogP contribution in [-0.2, 0) is 6.61 Å². The van der Waals surface area contributed by atoms with Crippen LogP contribution in [0.25, 0.3) is 5.65 Å². The predicted octanol–water partition coefficient (Wildman–Crippen LogP) is 3.26. The number of pyridine rings is 1. The maximum Gasteiger partial charge on any atom is 0.182 e. The summed E-state index contributed by atoms with van der Waals surface area (Å²) in [6, 6.07) is 10.2. The molecular formula is C15H14N4O2. The molecule has 0 amide bonds. The molecule has 0 atom stereocenters. The van der Waals surface area contributed by atoms with Crippen LogP contribution in [0.15, 0.2) is 52.8 Å². The fourth-order valence-electron chi connectivity index (χ4n) is 2.13. The highest BCUT2D eigenvalue weighted by Crippen LogP contribution is 2.26. The first kappa shape index (κ1) is 13.3. The third-order valence-electron chi connectivity index (χ3n) is 3.13. The summed E-state index contributed by atoms with van der Waals surface area (Å²) < 4.78 is 1.78. The number of rotatable bonds is 3. The fourth-order valence-corrected chi connectivity index (χ4v) is 2.13. The van der Waals surface area contributed by atoms with E-state index in [0.29, 0.717) is 17.2 Å². The van der Waals surface area contributed by atoms with Crippen LogP contribution < -0.4 is 0 Å². The summed E-state index contributed by atoms with van der Waals surface area (Å²) in [4.78, 5) is 4.41. The molecule has 0 aliphatic rings. The first-order chi connectivity index (χ1) is 10.2. The van der Waals surface area contributed by atoms with E-state index in [1.54, 1.807) is 22.6 Å². The van der Waals surface area contributed by atoms with Gasteiger partial charge in [0, 0.05) is 17.8 Å². The fraction of sp³-hybridized carbons (Fsp3) is 0.133. The minimum absolute atomic E-state index is 0.0794. The second-order valence-electron chi connectivity index (χ2n) is 4.63. The van der Waals surface area contributed by atoms with Gasteiger partial charge in [0.05, 0.1) is 18.0 Å². The van der Waals surface area contributed by atoms with Crippen molar-refractivity contribution in [2.45, 2.75) is 13.5 Å². The molecule has 0 radical (unpaired) electrons. The van der Waals surface area contributed by atoms with Crippen LogP contribution in [0.3, 0.4) is 0 Å². The Labute approximate surface area is 121 Å². The summed E-state index contributed by atoms with van der Waals surface area (Å²) in [5, 5.41) is 27.1. The van der Waals surface area contributed by atoms with Gasteiger partial charge in [-0.1, -0.05) is 12.1 Å². The zero-order valence-corrected chi connectivity index (χ0v) is 11.4. The van der Waals surface area contributed by atoms with E-state index in [9.17, 15) is 10.2 Å². The molecule has 2 N–H and O–H groups in total. The van der Waals surface area contributed by atoms with Gasteiger partial charge in [-0.2, -0.15) is 0 Å². The number of benzene rings is 1. The lowest BCUT2D eigenvalue weighted by Crippen LogP contribution is -1.90. The van der Waals surface area contributed by atoms with Crippen molar-refractivity contribution in [2.24, 2.45) is 10.2 Å². The Kier molecular flexibility index (Phi) is 3.37. The van der Waals surface area contributed by atoms with Crippen molar-refractivity contribution in [2.75, 3.05) is 0 Å². The molecule has 0 saturated carbocycles. The molecule has 0 saturated heterocycles. The standard InChI is InChI=1S/C15H14N4O2/c1-10-14(18-17-12-5-2-6-13(21)8-12)19-7-3-4-11(9-20)15(19)16-10/h2-8,20-21H,9H2,1H3. The number of phenolic OH excluding ortho intramolecular Hbond substituents is 1. The zero-order valence-electron chi connectivity index (χ0n) is 11.4. The first-order valence-corrected chi connectivity index (χ1v) is 6.47. The van der Waals surface area contributed by atoms with Crippen molar-refractivity contribution in [3.8, 4) is 5.75 Å². The molecule has 0 fully saturated rings. The van der Waals surface area contributed by atoms with Crippen LogP contribution in [0.1, 0.15) is 11.3 Å². The van der Waals surface area contributed by atoms with Crippen LogP contribution in [-0.4, -0.2) is 19.6 Å². The van der Waals surface area contributed by atoms with Gasteiger partial charge in [0.2, 0.25) is 0 Å². The molecule has 0 unspecified atom stereocenters. The number of hydrogen-bond acceptors (Lipinski definition) is 5. The van der Waals surface area contributed by atoms with Gasteiger partial charge in [0.25, 0.3) is 0 Å². The smallest absolute Gasteiger partial charge is 0.182 e. The van der Waals surface area contributed by atoms with E-state index >= 15 is 0 Å². The molecule has 106 valence electrons. The lowest BCUT2D eigenvalue weighted by Gasteiger charge is -2.00. The second kappa shape index (κ2) is 5.34. The number of phenols is 1. The number of fused-ring (bicyclic) bond motifs is 1. The molecule has 0 bridgehead atoms. The molecule has 6 heteroatoms. The molecule has 6 nitrogen and oxygen atoms in total. The minimum Gasteiger partial charge on any atom is -0.508 e. The summed E-state index contributed by atoms with van der Waals surface area (Å²) in [5.74, 6) is 0.743. The Morgan fingerprint density at radius 3 is 2.81 bits per heavy atom. The van der Waals surface area contributed by atoms with Crippen molar-refractivity contribution < 1.29 is 10.2 Å². The van der Waals surface area contributed by atoms with Crippen LogP contribution in [0, 0.1) is 6.92 Å². The largest absolute Gasteiger partial charge is 0.508 e. The Morgan fingerprint density at radius 1 is 1.19 bits per heavy atom. The van der Waals surface area contributed by atoms with Gasteiger partial charge in [-0.25, -0.2) is 4.98 Å². The molecule has 21 heavy (non-hydrogen) atoms. The van der Waals surface area contributed by atoms with Gasteiger partial charge in [0.15, 0.2) is 5.82 Å². The van der Waals surface area contributed by atoms with Crippen molar-refractivity contribution in [3.63, 3.8) is 0 Å². The molecule has 1 aromatic carbocycles. The van der Waals surface area contributed by atoms with Crippen molar-refractivity contribution in [1.82, 2.24) is 9.38 Å². The van der Waals surface area contributed by atoms with E-state index in [1.165, 1.54) is 6.07 Å². The third-order valence-corrected chi connectivity index (χ3v) is 3.13. The predicted molar refractivity (Wildman–Crippen MR) is 78.1 cm³/mol. The highest BCUT2D eigenvalue weighted by atomic mass is 16.3. The average molecular weight is 282 g/mol. The quantitative estimate of drug-likeness (QED) is 0.723. The Hall–Kier alpha value is -2.73. The van der Waals surface area contributed by atoms with Crippen LogP contribution in [0.4, 0.5) is 11.5 Å². The summed E-state index contributed by atoms with van der Waals surface area (Å²) in [6.07, 6.45) is 1.82. The SMILES string of the molecule is Cc1nc2c(CO)cccn2c1N=Nc1cccc(O)c1. The van der Waals surface area contributed by atoms with Gasteiger partial charge in [-0.3, -0.25) is 4.40 Å². The van der Waals surface area contributed by atoms with Gasteiger partial charge in [-0.05, 0) is 25.1 Å². The number of aliphatic hydroxyl groups is 1. The Morgan fingerprint density at radius 2 is 2.05 bits per heavy atom. The molecule has 0 aliphatic heterocycles. The Bertz CT molecular complexity index is 824. The number of imidazole rings is 1. The van der Waals surface area contributed by atoms with E-state index < -0.39 is 0 Å². The molecule has 0 aliphatic carbocycles. The van der Waals surface area contributed by atoms with Crippen molar-refractivity contribution in [1.29, 1.82) is 0 Å². The number of nitrogens with zero attached hydrogens (tertiary/aromatic N) is 4. The van der Waals surface area contributed by atoms with Crippen molar-refractivity contribution >= 4 is 17.2 Å². The van der Waals surface area contributed by atoms with E-state index in [1.807, 2.05) is 25.3 Å². The molecule has 2 aromatic heterocycles. The molecule has 0 spiro atoms. The van der Waals surface area contributed by atoms with Gasteiger partial charge in [0.1, 0.15) is 11.4 Å². The highest BCUT2D eigenvalue weighted by Gasteiger charge is 2.10. The Balaban J connectivity index is 2.07. The molecule has 3 rings (SSSR count). The number of hydrogen-bond donors (Lipinski definition) is 2. The summed E-state index contributed by atoms with van der Waals surface area (Å²) in [6.45, 7) is 1.76. The van der Waals surface area contributed by atoms with E-state index in [2.05, 4.69) is 15.2 Å². The van der Waals surface area contributed by atoms with Crippen LogP contribution in [0.5, 0.6) is 5.75 Å². The summed E-state index contributed by atoms with van der Waals surface area (Å²) in [5.41, 5.74) is 2.68. The summed E-state index contributed by atoms with van der Waals surface area (Å²) in [7, 11) is 0. The number of aliphatic hydroxyl groups excluding tert-OH is 1. The average Bonchev–Trinajstić information content (AvgIpc) is 2.80. The van der Waals surface area contributed by atoms with Crippen molar-refractivity contribution in [3.05, 3.63) is 53.9 Å². The molecule has 2 heterocycles. The summed E-state index contributed by atoms with van der Waals surface area (Å²) >= 11 is 0. The minimum atomic E-state index is -0.0794. The maximum absolute atomic E-state index is 9.42. The van der Waals surface area contributed by atoms with E-state index in [0.717, 1.165) is 11.3 Å². The van der Waals surface area contributed by atoms with E-state index in [4.69, 9.17) is 0 Å². The number of aromatic hydroxyl groups is 1. The van der Waals surface area contributed by atoms with Gasteiger partial charge in [-0.15, -0.1) is 10.2 Å². The lowest BCUT2D eigenvalue weighted by atomic mass is 10.3.